The predicted molar refractivity (Wildman–Crippen MR) is 190 cm³/mol. The third-order valence-electron chi connectivity index (χ3n) is 8.91. The summed E-state index contributed by atoms with van der Waals surface area (Å²) in [5.74, 6) is 0.0569. The maximum absolute atomic E-state index is 14.2. The van der Waals surface area contributed by atoms with Gasteiger partial charge in [-0.3, -0.25) is 4.79 Å². The van der Waals surface area contributed by atoms with E-state index in [1.165, 1.54) is 10.9 Å². The van der Waals surface area contributed by atoms with Crippen LogP contribution in [0.5, 0.6) is 0 Å². The molecule has 1 N–H and O–H groups in total. The van der Waals surface area contributed by atoms with Gasteiger partial charge < -0.3 is 14.8 Å². The van der Waals surface area contributed by atoms with Crippen LogP contribution < -0.4 is 10.2 Å². The molecule has 4 aromatic rings. The van der Waals surface area contributed by atoms with E-state index in [4.69, 9.17) is 9.47 Å². The number of aryl methyl sites for hydroxylation is 2. The van der Waals surface area contributed by atoms with Gasteiger partial charge >= 0.3 is 12.2 Å². The first kappa shape index (κ1) is 35.1. The zero-order chi connectivity index (χ0) is 36.7. The van der Waals surface area contributed by atoms with Crippen molar-refractivity contribution in [2.45, 2.75) is 108 Å². The lowest BCUT2D eigenvalue weighted by molar-refractivity contribution is -0.120. The quantitative estimate of drug-likeness (QED) is 0.222. The van der Waals surface area contributed by atoms with Crippen LogP contribution in [0.4, 0.5) is 26.9 Å². The number of carbonyl (C=O) groups is 3. The van der Waals surface area contributed by atoms with Crippen LogP contribution in [0.1, 0.15) is 90.0 Å². The fourth-order valence-corrected chi connectivity index (χ4v) is 7.50. The number of rotatable bonds is 5. The van der Waals surface area contributed by atoms with Gasteiger partial charge in [-0.1, -0.05) is 23.8 Å². The molecular weight excluding hydrogens is 659 g/mol. The molecule has 1 fully saturated rings. The summed E-state index contributed by atoms with van der Waals surface area (Å²) in [7, 11) is -3.53. The summed E-state index contributed by atoms with van der Waals surface area (Å²) in [5, 5.41) is 7.75. The highest BCUT2D eigenvalue weighted by molar-refractivity contribution is 7.92. The number of nitrogens with zero attached hydrogens (tertiary/aromatic N) is 4. The highest BCUT2D eigenvalue weighted by atomic mass is 32.2. The Kier molecular flexibility index (Phi) is 8.17. The van der Waals surface area contributed by atoms with Gasteiger partial charge in [0.05, 0.1) is 26.8 Å². The minimum atomic E-state index is -3.53. The molecule has 264 valence electrons. The number of hydrogen-bond acceptors (Lipinski definition) is 10. The molecule has 1 aliphatic carbocycles. The van der Waals surface area contributed by atoms with Crippen LogP contribution in [0, 0.1) is 13.8 Å². The SMILES string of the molecule is Cc1ccc2c(c1)[C@]1(C[C@H]1c1ccc3c(Nc4ncc(S(=O)(=O)C(C)C)cc4C)nn(C(=O)OC(C)(C)C)c3c1)C(=O)N2C(=O)OC(C)(C)C. The van der Waals surface area contributed by atoms with E-state index in [9.17, 15) is 22.8 Å². The molecule has 2 atom stereocenters. The molecule has 0 saturated heterocycles. The Bertz CT molecular complexity index is 2190. The molecule has 12 nitrogen and oxygen atoms in total. The van der Waals surface area contributed by atoms with Gasteiger partial charge in [-0.2, -0.15) is 4.68 Å². The molecule has 2 aromatic carbocycles. The molecule has 6 rings (SSSR count). The number of ether oxygens (including phenoxy) is 2. The van der Waals surface area contributed by atoms with Crippen LogP contribution in [0.3, 0.4) is 0 Å². The smallest absolute Gasteiger partial charge is 0.435 e. The number of pyridine rings is 1. The normalized spacial score (nSPS) is 18.9. The molecule has 3 heterocycles. The van der Waals surface area contributed by atoms with Crippen LogP contribution in [-0.2, 0) is 29.5 Å². The van der Waals surface area contributed by atoms with Gasteiger partial charge in [-0.25, -0.2) is 27.9 Å². The molecule has 13 heteroatoms. The third kappa shape index (κ3) is 6.01. The number of aromatic nitrogens is 3. The van der Waals surface area contributed by atoms with Gasteiger partial charge in [0.1, 0.15) is 17.0 Å². The van der Waals surface area contributed by atoms with Crippen molar-refractivity contribution in [3.05, 3.63) is 70.9 Å². The van der Waals surface area contributed by atoms with Crippen molar-refractivity contribution in [2.24, 2.45) is 0 Å². The molecule has 2 amide bonds. The lowest BCUT2D eigenvalue weighted by atomic mass is 9.91. The molecule has 0 unspecified atom stereocenters. The van der Waals surface area contributed by atoms with Crippen molar-refractivity contribution in [1.29, 1.82) is 0 Å². The predicted octanol–water partition coefficient (Wildman–Crippen LogP) is 7.46. The Morgan fingerprint density at radius 2 is 1.60 bits per heavy atom. The second-order valence-corrected chi connectivity index (χ2v) is 17.9. The van der Waals surface area contributed by atoms with Crippen molar-refractivity contribution >= 4 is 56.2 Å². The first-order valence-corrected chi connectivity index (χ1v) is 18.1. The lowest BCUT2D eigenvalue weighted by Gasteiger charge is -2.24. The van der Waals surface area contributed by atoms with Crippen molar-refractivity contribution < 1.29 is 32.3 Å². The molecule has 1 saturated carbocycles. The summed E-state index contributed by atoms with van der Waals surface area (Å²) >= 11 is 0. The number of anilines is 3. The van der Waals surface area contributed by atoms with Crippen molar-refractivity contribution in [3.63, 3.8) is 0 Å². The van der Waals surface area contributed by atoms with E-state index in [0.717, 1.165) is 21.6 Å². The Morgan fingerprint density at radius 3 is 2.22 bits per heavy atom. The van der Waals surface area contributed by atoms with Crippen LogP contribution in [0.2, 0.25) is 0 Å². The molecule has 50 heavy (non-hydrogen) atoms. The Balaban J connectivity index is 1.41. The number of benzene rings is 2. The van der Waals surface area contributed by atoms with E-state index >= 15 is 0 Å². The van der Waals surface area contributed by atoms with Gasteiger partial charge in [0, 0.05) is 17.5 Å². The Labute approximate surface area is 292 Å². The molecule has 1 aliphatic heterocycles. The highest BCUT2D eigenvalue weighted by Gasteiger charge is 2.68. The molecule has 2 aromatic heterocycles. The van der Waals surface area contributed by atoms with Gasteiger partial charge in [0.2, 0.25) is 5.91 Å². The van der Waals surface area contributed by atoms with Crippen molar-refractivity contribution in [3.8, 4) is 0 Å². The molecule has 0 radical (unpaired) electrons. The number of carbonyl (C=O) groups excluding carboxylic acids is 3. The van der Waals surface area contributed by atoms with Gasteiger partial charge in [-0.05, 0) is 117 Å². The first-order chi connectivity index (χ1) is 23.1. The second kappa shape index (κ2) is 11.6. The molecule has 0 bridgehead atoms. The molecule has 1 spiro atoms. The number of imide groups is 1. The van der Waals surface area contributed by atoms with Crippen LogP contribution in [0.25, 0.3) is 10.9 Å². The van der Waals surface area contributed by atoms with E-state index < -0.39 is 43.9 Å². The summed E-state index contributed by atoms with van der Waals surface area (Å²) in [5.41, 5.74) is 1.48. The fraction of sp³-hybridized carbons (Fsp3) is 0.432. The van der Waals surface area contributed by atoms with Crippen molar-refractivity contribution in [1.82, 2.24) is 14.8 Å². The minimum Gasteiger partial charge on any atom is -0.443 e. The number of fused-ring (bicyclic) bond motifs is 3. The average Bonchev–Trinajstić information content (AvgIpc) is 3.58. The highest BCUT2D eigenvalue weighted by Crippen LogP contribution is 2.66. The zero-order valence-electron chi connectivity index (χ0n) is 30.0. The maximum Gasteiger partial charge on any atom is 0.435 e. The topological polar surface area (TPSA) is 150 Å². The van der Waals surface area contributed by atoms with Gasteiger partial charge in [-0.15, -0.1) is 5.10 Å². The van der Waals surface area contributed by atoms with Crippen LogP contribution in [-0.4, -0.2) is 57.7 Å². The van der Waals surface area contributed by atoms with Gasteiger partial charge in [0.25, 0.3) is 0 Å². The number of nitrogens with one attached hydrogen (secondary N) is 1. The monoisotopic (exact) mass is 701 g/mol. The summed E-state index contributed by atoms with van der Waals surface area (Å²) in [6, 6.07) is 12.7. The summed E-state index contributed by atoms with van der Waals surface area (Å²) in [6.07, 6.45) is 0.354. The van der Waals surface area contributed by atoms with E-state index in [1.54, 1.807) is 74.4 Å². The van der Waals surface area contributed by atoms with Gasteiger partial charge in [0.15, 0.2) is 15.7 Å². The molecular formula is C37H43N5O7S. The Hall–Kier alpha value is -4.78. The second-order valence-electron chi connectivity index (χ2n) is 15.4. The summed E-state index contributed by atoms with van der Waals surface area (Å²) < 4.78 is 38.0. The number of sulfone groups is 1. The van der Waals surface area contributed by atoms with Crippen LogP contribution >= 0.6 is 0 Å². The van der Waals surface area contributed by atoms with E-state index in [-0.39, 0.29) is 16.7 Å². The van der Waals surface area contributed by atoms with E-state index in [0.29, 0.717) is 40.2 Å². The summed E-state index contributed by atoms with van der Waals surface area (Å²) in [4.78, 5) is 46.7. The molecule has 2 aliphatic rings. The zero-order valence-corrected chi connectivity index (χ0v) is 30.9. The largest absolute Gasteiger partial charge is 0.443 e. The summed E-state index contributed by atoms with van der Waals surface area (Å²) in [6.45, 7) is 17.5. The van der Waals surface area contributed by atoms with E-state index in [2.05, 4.69) is 15.4 Å². The lowest BCUT2D eigenvalue weighted by Crippen LogP contribution is -2.41. The third-order valence-corrected chi connectivity index (χ3v) is 11.0. The Morgan fingerprint density at radius 1 is 0.940 bits per heavy atom. The van der Waals surface area contributed by atoms with Crippen LogP contribution in [0.15, 0.2) is 53.6 Å². The van der Waals surface area contributed by atoms with Crippen molar-refractivity contribution in [2.75, 3.05) is 10.2 Å². The minimum absolute atomic E-state index is 0.117. The number of amides is 2. The average molecular weight is 702 g/mol. The van der Waals surface area contributed by atoms with E-state index in [1.807, 2.05) is 37.3 Å². The standard InChI is InChI=1S/C37H43N5O7S/c1-20(2)50(46,47)24-16-22(4)30(38-19-24)39-31-25-13-12-23(17-29(25)42(40-31)34(45)49-36(8,9)10)27-18-37(27)26-15-21(3)11-14-28(26)41(32(37)43)33(44)48-35(5,6)7/h11-17,19-20,27H,18H2,1-10H3,(H,38,39,40)/t27-,37-/m0/s1. The fourth-order valence-electron chi connectivity index (χ4n) is 6.42. The first-order valence-electron chi connectivity index (χ1n) is 16.6. The number of hydrogen-bond donors (Lipinski definition) is 1. The maximum atomic E-state index is 14.2.